The van der Waals surface area contributed by atoms with Crippen molar-refractivity contribution >= 4 is 16.8 Å². The van der Waals surface area contributed by atoms with E-state index in [-0.39, 0.29) is 17.8 Å². The van der Waals surface area contributed by atoms with Crippen LogP contribution in [0.25, 0.3) is 10.9 Å². The summed E-state index contributed by atoms with van der Waals surface area (Å²) in [6.07, 6.45) is 6.77. The van der Waals surface area contributed by atoms with E-state index in [1.165, 1.54) is 12.1 Å². The molecule has 1 amide bonds. The van der Waals surface area contributed by atoms with E-state index in [0.29, 0.717) is 12.2 Å². The van der Waals surface area contributed by atoms with Crippen molar-refractivity contribution in [2.24, 2.45) is 0 Å². The van der Waals surface area contributed by atoms with E-state index in [1.54, 1.807) is 18.3 Å². The molecule has 5 nitrogen and oxygen atoms in total. The van der Waals surface area contributed by atoms with Gasteiger partial charge >= 0.3 is 0 Å². The Morgan fingerprint density at radius 3 is 3.08 bits per heavy atom. The van der Waals surface area contributed by atoms with Crippen LogP contribution >= 0.6 is 0 Å². The molecule has 24 heavy (non-hydrogen) atoms. The number of fused-ring (bicyclic) bond motifs is 1. The van der Waals surface area contributed by atoms with Gasteiger partial charge in [-0.25, -0.2) is 4.39 Å². The summed E-state index contributed by atoms with van der Waals surface area (Å²) < 4.78 is 15.2. The molecule has 124 valence electrons. The number of hydrogen-bond donors (Lipinski definition) is 1. The Morgan fingerprint density at radius 1 is 1.33 bits per heavy atom. The number of likely N-dealkylation sites (tertiary alicyclic amines) is 1. The summed E-state index contributed by atoms with van der Waals surface area (Å²) in [4.78, 5) is 18.0. The number of carbonyl (C=O) groups is 1. The molecular weight excluding hydrogens is 307 g/mol. The fourth-order valence-corrected chi connectivity index (χ4v) is 3.46. The first-order chi connectivity index (χ1) is 11.7. The Balaban J connectivity index is 1.60. The number of rotatable bonds is 3. The second-order valence-corrected chi connectivity index (χ2v) is 6.29. The van der Waals surface area contributed by atoms with Gasteiger partial charge in [0.1, 0.15) is 11.5 Å². The quantitative estimate of drug-likeness (QED) is 0.803. The van der Waals surface area contributed by atoms with Crippen LogP contribution in [0.15, 0.2) is 42.7 Å². The zero-order chi connectivity index (χ0) is 16.5. The maximum Gasteiger partial charge on any atom is 0.270 e. The fourth-order valence-electron chi connectivity index (χ4n) is 3.46. The Hall–Kier alpha value is -2.63. The molecule has 0 saturated carbocycles. The van der Waals surface area contributed by atoms with Crippen LogP contribution in [-0.4, -0.2) is 38.2 Å². The Morgan fingerprint density at radius 2 is 2.25 bits per heavy atom. The first-order valence-corrected chi connectivity index (χ1v) is 8.27. The second kappa shape index (κ2) is 6.11. The van der Waals surface area contributed by atoms with Gasteiger partial charge in [-0.3, -0.25) is 9.48 Å². The Bertz CT molecular complexity index is 855. The van der Waals surface area contributed by atoms with Crippen LogP contribution in [0.4, 0.5) is 4.39 Å². The molecule has 1 N–H and O–H groups in total. The first-order valence-electron chi connectivity index (χ1n) is 8.27. The molecule has 1 aromatic carbocycles. The van der Waals surface area contributed by atoms with Gasteiger partial charge in [0.05, 0.1) is 12.6 Å². The number of amides is 1. The summed E-state index contributed by atoms with van der Waals surface area (Å²) >= 11 is 0. The number of aromatic amines is 1. The maximum absolute atomic E-state index is 13.4. The molecule has 2 aromatic heterocycles. The van der Waals surface area contributed by atoms with E-state index in [4.69, 9.17) is 0 Å². The molecule has 1 fully saturated rings. The van der Waals surface area contributed by atoms with Crippen LogP contribution < -0.4 is 0 Å². The van der Waals surface area contributed by atoms with Crippen LogP contribution in [0.3, 0.4) is 0 Å². The van der Waals surface area contributed by atoms with Crippen molar-refractivity contribution in [3.63, 3.8) is 0 Å². The van der Waals surface area contributed by atoms with E-state index in [2.05, 4.69) is 10.1 Å². The molecule has 1 aliphatic heterocycles. The Kier molecular flexibility index (Phi) is 3.80. The molecule has 1 atom stereocenters. The van der Waals surface area contributed by atoms with E-state index in [1.807, 2.05) is 21.8 Å². The topological polar surface area (TPSA) is 53.9 Å². The summed E-state index contributed by atoms with van der Waals surface area (Å²) in [5.41, 5.74) is 1.29. The summed E-state index contributed by atoms with van der Waals surface area (Å²) in [7, 11) is 0. The smallest absolute Gasteiger partial charge is 0.270 e. The number of nitrogens with zero attached hydrogens (tertiary/aromatic N) is 3. The van der Waals surface area contributed by atoms with Crippen LogP contribution in [0, 0.1) is 5.82 Å². The van der Waals surface area contributed by atoms with Crippen LogP contribution in [0.5, 0.6) is 0 Å². The lowest BCUT2D eigenvalue weighted by molar-refractivity contribution is 0.0579. The normalized spacial score (nSPS) is 18.2. The van der Waals surface area contributed by atoms with Crippen molar-refractivity contribution < 1.29 is 9.18 Å². The number of carbonyl (C=O) groups excluding carboxylic acids is 1. The Labute approximate surface area is 139 Å². The van der Waals surface area contributed by atoms with E-state index < -0.39 is 0 Å². The summed E-state index contributed by atoms with van der Waals surface area (Å²) in [6, 6.07) is 8.27. The molecular formula is C18H19FN4O. The van der Waals surface area contributed by atoms with Gasteiger partial charge in [-0.05, 0) is 49.6 Å². The summed E-state index contributed by atoms with van der Waals surface area (Å²) in [5.74, 6) is -0.321. The number of H-pyrrole nitrogens is 1. The SMILES string of the molecule is O=C(c1cc2cc(F)ccc2[nH]1)N1CCCC[C@@H]1Cn1cccn1. The maximum atomic E-state index is 13.4. The van der Waals surface area contributed by atoms with Gasteiger partial charge in [0.15, 0.2) is 0 Å². The van der Waals surface area contributed by atoms with Crippen molar-refractivity contribution in [1.82, 2.24) is 19.7 Å². The van der Waals surface area contributed by atoms with Gasteiger partial charge in [-0.2, -0.15) is 5.10 Å². The first kappa shape index (κ1) is 14.9. The highest BCUT2D eigenvalue weighted by atomic mass is 19.1. The third kappa shape index (κ3) is 2.79. The highest BCUT2D eigenvalue weighted by Crippen LogP contribution is 2.23. The molecule has 0 unspecified atom stereocenters. The average Bonchev–Trinajstić information content (AvgIpc) is 3.23. The number of benzene rings is 1. The summed E-state index contributed by atoms with van der Waals surface area (Å²) in [6.45, 7) is 1.45. The van der Waals surface area contributed by atoms with Crippen molar-refractivity contribution in [2.45, 2.75) is 31.8 Å². The van der Waals surface area contributed by atoms with Crippen molar-refractivity contribution in [1.29, 1.82) is 0 Å². The van der Waals surface area contributed by atoms with Crippen LogP contribution in [-0.2, 0) is 6.54 Å². The molecule has 3 aromatic rings. The monoisotopic (exact) mass is 326 g/mol. The molecule has 1 saturated heterocycles. The molecule has 0 spiro atoms. The second-order valence-electron chi connectivity index (χ2n) is 6.29. The number of hydrogen-bond acceptors (Lipinski definition) is 2. The van der Waals surface area contributed by atoms with E-state index in [0.717, 1.165) is 36.7 Å². The molecule has 3 heterocycles. The highest BCUT2D eigenvalue weighted by Gasteiger charge is 2.28. The van der Waals surface area contributed by atoms with Gasteiger partial charge in [-0.15, -0.1) is 0 Å². The number of aromatic nitrogens is 3. The molecule has 0 aliphatic carbocycles. The van der Waals surface area contributed by atoms with Crippen molar-refractivity contribution in [3.05, 3.63) is 54.2 Å². The average molecular weight is 326 g/mol. The van der Waals surface area contributed by atoms with E-state index in [9.17, 15) is 9.18 Å². The predicted octanol–water partition coefficient (Wildman–Crippen LogP) is 3.20. The highest BCUT2D eigenvalue weighted by molar-refractivity contribution is 5.98. The lowest BCUT2D eigenvalue weighted by Gasteiger charge is -2.35. The molecule has 0 radical (unpaired) electrons. The lowest BCUT2D eigenvalue weighted by atomic mass is 10.0. The van der Waals surface area contributed by atoms with Gasteiger partial charge in [0.2, 0.25) is 0 Å². The minimum atomic E-state index is -0.296. The predicted molar refractivity (Wildman–Crippen MR) is 89.2 cm³/mol. The zero-order valence-corrected chi connectivity index (χ0v) is 13.3. The third-order valence-electron chi connectivity index (χ3n) is 4.66. The minimum Gasteiger partial charge on any atom is -0.351 e. The van der Waals surface area contributed by atoms with Crippen molar-refractivity contribution in [2.75, 3.05) is 6.54 Å². The number of piperidine rings is 1. The van der Waals surface area contributed by atoms with Gasteiger partial charge in [-0.1, -0.05) is 0 Å². The summed E-state index contributed by atoms with van der Waals surface area (Å²) in [5, 5.41) is 4.97. The fraction of sp³-hybridized carbons (Fsp3) is 0.333. The minimum absolute atomic E-state index is 0.0246. The van der Waals surface area contributed by atoms with Gasteiger partial charge in [0, 0.05) is 29.8 Å². The molecule has 1 aliphatic rings. The number of nitrogens with one attached hydrogen (secondary N) is 1. The van der Waals surface area contributed by atoms with Crippen LogP contribution in [0.1, 0.15) is 29.8 Å². The standard InChI is InChI=1S/C18H19FN4O/c19-14-5-6-16-13(10-14)11-17(21-16)18(24)23-9-2-1-4-15(23)12-22-8-3-7-20-22/h3,5-8,10-11,15,21H,1-2,4,9,12H2/t15-/m1/s1. The lowest BCUT2D eigenvalue weighted by Crippen LogP contribution is -2.46. The van der Waals surface area contributed by atoms with Crippen molar-refractivity contribution in [3.8, 4) is 0 Å². The molecule has 0 bridgehead atoms. The molecule has 6 heteroatoms. The van der Waals surface area contributed by atoms with Crippen LogP contribution in [0.2, 0.25) is 0 Å². The molecule has 4 rings (SSSR count). The van der Waals surface area contributed by atoms with Gasteiger partial charge in [0.25, 0.3) is 5.91 Å². The largest absolute Gasteiger partial charge is 0.351 e. The van der Waals surface area contributed by atoms with E-state index >= 15 is 0 Å². The zero-order valence-electron chi connectivity index (χ0n) is 13.3. The van der Waals surface area contributed by atoms with Gasteiger partial charge < -0.3 is 9.88 Å². The third-order valence-corrected chi connectivity index (χ3v) is 4.66. The number of halogens is 1.